The summed E-state index contributed by atoms with van der Waals surface area (Å²) in [5, 5.41) is 30.9. The third kappa shape index (κ3) is 45.6. The molecule has 0 aromatic carbocycles. The van der Waals surface area contributed by atoms with Crippen LogP contribution >= 0.6 is 0 Å². The second-order valence-electron chi connectivity index (χ2n) is 21.3. The van der Waals surface area contributed by atoms with Gasteiger partial charge in [0, 0.05) is 13.0 Å². The smallest absolute Gasteiger partial charge is 0.397 e. The quantitative estimate of drug-likeness (QED) is 0.0196. The van der Waals surface area contributed by atoms with E-state index in [0.717, 1.165) is 64.2 Å². The average Bonchev–Trinajstić information content (AvgIpc) is 3.40. The molecular weight excluding hydrogens is 981 g/mol. The molecule has 1 aliphatic heterocycles. The second-order valence-corrected chi connectivity index (χ2v) is 22.3. The molecule has 0 bridgehead atoms. The van der Waals surface area contributed by atoms with Crippen molar-refractivity contribution in [1.29, 1.82) is 0 Å². The molecule has 444 valence electrons. The van der Waals surface area contributed by atoms with Gasteiger partial charge in [-0.1, -0.05) is 242 Å². The SMILES string of the molecule is CCCCCCC/C=C\C/C=C\C/C=C\CCCCCCCCCCCOCC(COC1OC(CO)C(O)C(OS(=O)(=O)O)C1O)OC(=O)CCCCCCCCCCCCCCC/C=C\C/C=C\CCCCCCC. The van der Waals surface area contributed by atoms with Crippen LogP contribution in [0.4, 0.5) is 0 Å². The van der Waals surface area contributed by atoms with Crippen molar-refractivity contribution in [3.8, 4) is 0 Å². The summed E-state index contributed by atoms with van der Waals surface area (Å²) in [7, 11) is -5.07. The van der Waals surface area contributed by atoms with Crippen LogP contribution in [0.15, 0.2) is 60.8 Å². The standard InChI is InChI=1S/C63H114O12S/c1-3-5-7-9-11-13-15-17-19-21-23-25-27-29-30-32-34-36-38-40-42-44-46-48-50-52-59(65)73-57(56-72-63-61(67)62(75-76(68,69)70)60(66)58(54-64)74-63)55-71-53-51-49-47-45-43-41-39-37-35-33-31-28-26-24-22-20-18-16-14-12-10-8-6-4-2/h15-18,21-24,28,31,57-58,60-64,66-67H,3-14,19-20,25-27,29-30,32-56H2,1-2H3,(H,68,69,70)/b17-15-,18-16-,23-21-,24-22-,31-28-. The molecule has 13 heteroatoms. The molecule has 76 heavy (non-hydrogen) atoms. The minimum absolute atomic E-state index is 0.0314. The summed E-state index contributed by atoms with van der Waals surface area (Å²) in [6.07, 6.45) is 61.1. The minimum Gasteiger partial charge on any atom is -0.457 e. The molecule has 0 saturated carbocycles. The number of carbonyl (C=O) groups is 1. The Kier molecular flexibility index (Phi) is 50.5. The number of aliphatic hydroxyl groups is 3. The molecule has 1 fully saturated rings. The number of esters is 1. The van der Waals surface area contributed by atoms with E-state index in [1.54, 1.807) is 0 Å². The van der Waals surface area contributed by atoms with E-state index in [4.69, 9.17) is 18.9 Å². The summed E-state index contributed by atoms with van der Waals surface area (Å²) in [4.78, 5) is 13.0. The van der Waals surface area contributed by atoms with Gasteiger partial charge < -0.3 is 34.3 Å². The molecule has 0 aliphatic carbocycles. The number of aliphatic hydroxyl groups excluding tert-OH is 3. The lowest BCUT2D eigenvalue weighted by atomic mass is 9.99. The number of carbonyl (C=O) groups excluding carboxylic acids is 1. The number of unbranched alkanes of at least 4 members (excludes halogenated alkanes) is 32. The van der Waals surface area contributed by atoms with E-state index in [2.05, 4.69) is 78.8 Å². The van der Waals surface area contributed by atoms with Crippen LogP contribution < -0.4 is 0 Å². The van der Waals surface area contributed by atoms with Gasteiger partial charge in [0.25, 0.3) is 0 Å². The van der Waals surface area contributed by atoms with Crippen LogP contribution in [0, 0.1) is 0 Å². The summed E-state index contributed by atoms with van der Waals surface area (Å²) in [6, 6.07) is 0. The Morgan fingerprint density at radius 3 is 1.26 bits per heavy atom. The summed E-state index contributed by atoms with van der Waals surface area (Å²) < 4.78 is 59.5. The molecule has 4 N–H and O–H groups in total. The van der Waals surface area contributed by atoms with Crippen molar-refractivity contribution >= 4 is 16.4 Å². The van der Waals surface area contributed by atoms with Gasteiger partial charge in [-0.25, -0.2) is 4.18 Å². The number of ether oxygens (including phenoxy) is 4. The summed E-state index contributed by atoms with van der Waals surface area (Å²) in [5.74, 6) is -0.400. The highest BCUT2D eigenvalue weighted by Crippen LogP contribution is 2.26. The normalized spacial score (nSPS) is 18.9. The van der Waals surface area contributed by atoms with Crippen LogP contribution in [0.1, 0.15) is 271 Å². The van der Waals surface area contributed by atoms with Crippen molar-refractivity contribution in [2.24, 2.45) is 0 Å². The number of hydrogen-bond donors (Lipinski definition) is 4. The van der Waals surface area contributed by atoms with Crippen molar-refractivity contribution in [2.45, 2.75) is 307 Å². The molecule has 0 spiro atoms. The van der Waals surface area contributed by atoms with Crippen molar-refractivity contribution in [1.82, 2.24) is 0 Å². The Morgan fingerprint density at radius 1 is 0.500 bits per heavy atom. The second kappa shape index (κ2) is 53.4. The first kappa shape index (κ1) is 71.8. The average molecular weight is 1100 g/mol. The Balaban J connectivity index is 2.27. The third-order valence-electron chi connectivity index (χ3n) is 14.1. The molecule has 0 amide bonds. The van der Waals surface area contributed by atoms with E-state index in [1.165, 1.54) is 180 Å². The maximum atomic E-state index is 13.0. The predicted octanol–water partition coefficient (Wildman–Crippen LogP) is 16.0. The van der Waals surface area contributed by atoms with Crippen LogP contribution in [-0.2, 0) is 38.3 Å². The van der Waals surface area contributed by atoms with Crippen molar-refractivity contribution in [3.63, 3.8) is 0 Å². The van der Waals surface area contributed by atoms with Crippen LogP contribution in [0.25, 0.3) is 0 Å². The highest BCUT2D eigenvalue weighted by molar-refractivity contribution is 7.80. The Hall–Kier alpha value is -2.20. The largest absolute Gasteiger partial charge is 0.457 e. The van der Waals surface area contributed by atoms with E-state index < -0.39 is 59.8 Å². The minimum atomic E-state index is -5.07. The molecule has 0 radical (unpaired) electrons. The lowest BCUT2D eigenvalue weighted by molar-refractivity contribution is -0.301. The third-order valence-corrected chi connectivity index (χ3v) is 14.6. The van der Waals surface area contributed by atoms with E-state index in [-0.39, 0.29) is 19.6 Å². The summed E-state index contributed by atoms with van der Waals surface area (Å²) in [6.45, 7) is 4.00. The van der Waals surface area contributed by atoms with E-state index in [1.807, 2.05) is 0 Å². The molecule has 0 aromatic heterocycles. The number of rotatable bonds is 55. The van der Waals surface area contributed by atoms with Gasteiger partial charge in [0.05, 0.1) is 19.8 Å². The highest BCUT2D eigenvalue weighted by atomic mass is 32.3. The number of allylic oxidation sites excluding steroid dienone is 10. The molecule has 6 atom stereocenters. The van der Waals surface area contributed by atoms with Gasteiger partial charge in [0.15, 0.2) is 6.29 Å². The maximum Gasteiger partial charge on any atom is 0.397 e. The fraction of sp³-hybridized carbons (Fsp3) is 0.825. The van der Waals surface area contributed by atoms with Crippen molar-refractivity contribution in [3.05, 3.63) is 60.8 Å². The number of hydrogen-bond acceptors (Lipinski definition) is 11. The van der Waals surface area contributed by atoms with Gasteiger partial charge in [-0.05, 0) is 83.5 Å². The first-order valence-corrected chi connectivity index (χ1v) is 32.4. The topological polar surface area (TPSA) is 178 Å². The van der Waals surface area contributed by atoms with Crippen LogP contribution in [0.5, 0.6) is 0 Å². The van der Waals surface area contributed by atoms with Crippen LogP contribution in [0.2, 0.25) is 0 Å². The predicted molar refractivity (Wildman–Crippen MR) is 313 cm³/mol. The Morgan fingerprint density at radius 2 is 0.868 bits per heavy atom. The lowest BCUT2D eigenvalue weighted by Gasteiger charge is -2.41. The molecule has 12 nitrogen and oxygen atoms in total. The first-order valence-electron chi connectivity index (χ1n) is 31.0. The molecule has 1 aliphatic rings. The molecule has 1 rings (SSSR count). The Labute approximate surface area is 465 Å². The fourth-order valence-electron chi connectivity index (χ4n) is 9.42. The van der Waals surface area contributed by atoms with Gasteiger partial charge in [-0.3, -0.25) is 9.35 Å². The monoisotopic (exact) mass is 1090 g/mol. The molecule has 6 unspecified atom stereocenters. The highest BCUT2D eigenvalue weighted by Gasteiger charge is 2.48. The Bertz CT molecular complexity index is 1550. The zero-order valence-corrected chi connectivity index (χ0v) is 49.1. The molecule has 1 heterocycles. The lowest BCUT2D eigenvalue weighted by Crippen LogP contribution is -2.60. The van der Waals surface area contributed by atoms with Gasteiger partial charge >= 0.3 is 16.4 Å². The van der Waals surface area contributed by atoms with Gasteiger partial charge in [-0.15, -0.1) is 0 Å². The van der Waals surface area contributed by atoms with Crippen LogP contribution in [0.3, 0.4) is 0 Å². The van der Waals surface area contributed by atoms with Gasteiger partial charge in [0.2, 0.25) is 0 Å². The zero-order chi connectivity index (χ0) is 55.3. The van der Waals surface area contributed by atoms with E-state index in [0.29, 0.717) is 13.0 Å². The summed E-state index contributed by atoms with van der Waals surface area (Å²) in [5.41, 5.74) is 0. The van der Waals surface area contributed by atoms with Crippen LogP contribution in [-0.4, -0.2) is 97.5 Å². The van der Waals surface area contributed by atoms with E-state index >= 15 is 0 Å². The van der Waals surface area contributed by atoms with Gasteiger partial charge in [0.1, 0.15) is 30.5 Å². The summed E-state index contributed by atoms with van der Waals surface area (Å²) >= 11 is 0. The van der Waals surface area contributed by atoms with Gasteiger partial charge in [-0.2, -0.15) is 8.42 Å². The molecule has 1 saturated heterocycles. The van der Waals surface area contributed by atoms with Crippen molar-refractivity contribution in [2.75, 3.05) is 26.4 Å². The van der Waals surface area contributed by atoms with Crippen molar-refractivity contribution < 1.29 is 56.2 Å². The molecule has 0 aromatic rings. The first-order chi connectivity index (χ1) is 37.1. The maximum absolute atomic E-state index is 13.0. The zero-order valence-electron chi connectivity index (χ0n) is 48.3. The molecular formula is C63H114O12S. The fourth-order valence-corrected chi connectivity index (χ4v) is 9.93. The van der Waals surface area contributed by atoms with E-state index in [9.17, 15) is 33.1 Å².